The zero-order chi connectivity index (χ0) is 22.2. The molecule has 8 nitrogen and oxygen atoms in total. The average Bonchev–Trinajstić information content (AvgIpc) is 3.34. The normalized spacial score (nSPS) is 10.5. The van der Waals surface area contributed by atoms with Crippen molar-refractivity contribution in [1.82, 2.24) is 19.8 Å². The Morgan fingerprint density at radius 1 is 0.903 bits per heavy atom. The van der Waals surface area contributed by atoms with E-state index in [0.717, 1.165) is 6.42 Å². The van der Waals surface area contributed by atoms with Crippen LogP contribution in [0.1, 0.15) is 33.0 Å². The molecule has 0 spiro atoms. The third kappa shape index (κ3) is 6.08. The first kappa shape index (κ1) is 21.9. The zero-order valence-electron chi connectivity index (χ0n) is 17.8. The summed E-state index contributed by atoms with van der Waals surface area (Å²) in [6.45, 7) is 1.03. The molecule has 162 valence electrons. The largest absolute Gasteiger partial charge is 0.374 e. The maximum Gasteiger partial charge on any atom is 0.272 e. The minimum absolute atomic E-state index is 0.236. The van der Waals surface area contributed by atoms with Crippen molar-refractivity contribution in [3.8, 4) is 0 Å². The van der Waals surface area contributed by atoms with Gasteiger partial charge in [0.15, 0.2) is 0 Å². The summed E-state index contributed by atoms with van der Waals surface area (Å²) in [5, 5.41) is 16.7. The molecule has 0 bridgehead atoms. The van der Waals surface area contributed by atoms with E-state index in [4.69, 9.17) is 5.41 Å². The van der Waals surface area contributed by atoms with Gasteiger partial charge >= 0.3 is 0 Å². The summed E-state index contributed by atoms with van der Waals surface area (Å²) in [6.07, 6.45) is 4.76. The minimum atomic E-state index is -0.251. The molecule has 8 heteroatoms. The molecule has 1 aromatic carbocycles. The molecule has 2 amide bonds. The molecule has 0 atom stereocenters. The highest BCUT2D eigenvalue weighted by molar-refractivity contribution is 6.04. The van der Waals surface area contributed by atoms with Gasteiger partial charge in [-0.05, 0) is 30.2 Å². The van der Waals surface area contributed by atoms with E-state index >= 15 is 0 Å². The van der Waals surface area contributed by atoms with E-state index in [2.05, 4.69) is 28.1 Å². The number of rotatable bonds is 9. The number of aromatic nitrogens is 2. The standard InChI is InChI=1S/C23H28N6O2/c1-28-14-6-9-19(28)23(31)27-18-15-20(29(2)16-18)22(30)26-13-11-21(24)25-12-10-17-7-4-3-5-8-17/h3-9,14-16H,10-13H2,1-2H3,(H2,24,25)(H,26,30)(H,27,31). The summed E-state index contributed by atoms with van der Waals surface area (Å²) in [5.74, 6) is -0.0994. The van der Waals surface area contributed by atoms with Gasteiger partial charge in [-0.15, -0.1) is 0 Å². The topological polar surface area (TPSA) is 104 Å². The molecule has 2 heterocycles. The number of benzene rings is 1. The highest BCUT2D eigenvalue weighted by Gasteiger charge is 2.15. The van der Waals surface area contributed by atoms with Crippen LogP contribution < -0.4 is 16.0 Å². The molecule has 0 aliphatic rings. The summed E-state index contributed by atoms with van der Waals surface area (Å²) in [6, 6.07) is 15.3. The molecule has 31 heavy (non-hydrogen) atoms. The zero-order valence-corrected chi connectivity index (χ0v) is 17.8. The van der Waals surface area contributed by atoms with Crippen LogP contribution in [0.3, 0.4) is 0 Å². The quantitative estimate of drug-likeness (QED) is 0.316. The van der Waals surface area contributed by atoms with E-state index in [9.17, 15) is 9.59 Å². The number of anilines is 1. The number of carbonyl (C=O) groups is 2. The molecule has 0 saturated heterocycles. The van der Waals surface area contributed by atoms with Gasteiger partial charge in [0, 0.05) is 46.0 Å². The van der Waals surface area contributed by atoms with E-state index in [1.807, 2.05) is 18.2 Å². The Morgan fingerprint density at radius 2 is 1.68 bits per heavy atom. The number of carbonyl (C=O) groups excluding carboxylic acids is 2. The predicted molar refractivity (Wildman–Crippen MR) is 122 cm³/mol. The van der Waals surface area contributed by atoms with Crippen LogP contribution >= 0.6 is 0 Å². The third-order valence-corrected chi connectivity index (χ3v) is 4.93. The average molecular weight is 421 g/mol. The summed E-state index contributed by atoms with van der Waals surface area (Å²) in [5.41, 5.74) is 2.74. The molecule has 0 unspecified atom stereocenters. The molecule has 0 radical (unpaired) electrons. The Bertz CT molecular complexity index is 1050. The maximum absolute atomic E-state index is 12.5. The number of hydrogen-bond acceptors (Lipinski definition) is 3. The first-order valence-corrected chi connectivity index (χ1v) is 10.2. The second kappa shape index (κ2) is 10.3. The van der Waals surface area contributed by atoms with Gasteiger partial charge in [0.25, 0.3) is 11.8 Å². The van der Waals surface area contributed by atoms with Gasteiger partial charge < -0.3 is 25.1 Å². The van der Waals surface area contributed by atoms with Gasteiger partial charge in [0.1, 0.15) is 11.4 Å². The molecule has 3 aromatic rings. The fraction of sp³-hybridized carbons (Fsp3) is 0.261. The van der Waals surface area contributed by atoms with Gasteiger partial charge in [-0.1, -0.05) is 30.3 Å². The van der Waals surface area contributed by atoms with Gasteiger partial charge in [0.05, 0.1) is 11.5 Å². The van der Waals surface area contributed by atoms with E-state index in [-0.39, 0.29) is 11.8 Å². The van der Waals surface area contributed by atoms with E-state index in [1.165, 1.54) is 5.56 Å². The second-order valence-electron chi connectivity index (χ2n) is 7.33. The van der Waals surface area contributed by atoms with Crippen molar-refractivity contribution in [2.24, 2.45) is 14.1 Å². The Labute approximate surface area is 181 Å². The van der Waals surface area contributed by atoms with Crippen molar-refractivity contribution < 1.29 is 9.59 Å². The van der Waals surface area contributed by atoms with Crippen LogP contribution in [0.15, 0.2) is 60.9 Å². The first-order chi connectivity index (χ1) is 14.9. The second-order valence-corrected chi connectivity index (χ2v) is 7.33. The molecule has 0 aliphatic heterocycles. The van der Waals surface area contributed by atoms with Crippen LogP contribution in [0, 0.1) is 5.41 Å². The fourth-order valence-electron chi connectivity index (χ4n) is 3.23. The van der Waals surface area contributed by atoms with Crippen molar-refractivity contribution in [3.05, 3.63) is 77.9 Å². The SMILES string of the molecule is Cn1cc(NC(=O)c2cccn2C)cc1C(=O)NCCC(=N)NCCc1ccccc1. The minimum Gasteiger partial charge on any atom is -0.374 e. The highest BCUT2D eigenvalue weighted by Crippen LogP contribution is 2.14. The van der Waals surface area contributed by atoms with Crippen molar-refractivity contribution in [2.45, 2.75) is 12.8 Å². The van der Waals surface area contributed by atoms with Gasteiger partial charge in [0.2, 0.25) is 0 Å². The van der Waals surface area contributed by atoms with Gasteiger partial charge in [-0.3, -0.25) is 15.0 Å². The van der Waals surface area contributed by atoms with Crippen molar-refractivity contribution in [1.29, 1.82) is 5.41 Å². The van der Waals surface area contributed by atoms with Gasteiger partial charge in [-0.25, -0.2) is 0 Å². The third-order valence-electron chi connectivity index (χ3n) is 4.93. The Kier molecular flexibility index (Phi) is 7.26. The van der Waals surface area contributed by atoms with Crippen LogP contribution in [0.25, 0.3) is 0 Å². The lowest BCUT2D eigenvalue weighted by molar-refractivity contribution is 0.0945. The lowest BCUT2D eigenvalue weighted by Crippen LogP contribution is -2.32. The molecule has 3 rings (SSSR count). The Balaban J connectivity index is 1.42. The van der Waals surface area contributed by atoms with Crippen LogP contribution in [0.4, 0.5) is 5.69 Å². The number of amides is 2. The summed E-state index contributed by atoms with van der Waals surface area (Å²) in [7, 11) is 3.55. The Morgan fingerprint density at radius 3 is 2.39 bits per heavy atom. The fourth-order valence-corrected chi connectivity index (χ4v) is 3.23. The first-order valence-electron chi connectivity index (χ1n) is 10.2. The van der Waals surface area contributed by atoms with E-state index in [0.29, 0.717) is 42.4 Å². The summed E-state index contributed by atoms with van der Waals surface area (Å²) < 4.78 is 3.40. The predicted octanol–water partition coefficient (Wildman–Crippen LogP) is 2.55. The van der Waals surface area contributed by atoms with E-state index < -0.39 is 0 Å². The molecular weight excluding hydrogens is 392 g/mol. The van der Waals surface area contributed by atoms with Crippen LogP contribution in [-0.4, -0.2) is 39.9 Å². The smallest absolute Gasteiger partial charge is 0.272 e. The molecule has 0 aliphatic carbocycles. The number of nitrogens with zero attached hydrogens (tertiary/aromatic N) is 2. The van der Waals surface area contributed by atoms with E-state index in [1.54, 1.807) is 53.8 Å². The molecule has 2 aromatic heterocycles. The lowest BCUT2D eigenvalue weighted by Gasteiger charge is -2.09. The van der Waals surface area contributed by atoms with Crippen molar-refractivity contribution in [2.75, 3.05) is 18.4 Å². The molecule has 0 fully saturated rings. The van der Waals surface area contributed by atoms with Crippen LogP contribution in [-0.2, 0) is 20.5 Å². The maximum atomic E-state index is 12.5. The summed E-state index contributed by atoms with van der Waals surface area (Å²) in [4.78, 5) is 24.8. The van der Waals surface area contributed by atoms with Crippen LogP contribution in [0.2, 0.25) is 0 Å². The molecule has 0 saturated carbocycles. The Hall–Kier alpha value is -3.81. The van der Waals surface area contributed by atoms with Crippen molar-refractivity contribution in [3.63, 3.8) is 0 Å². The number of nitrogens with one attached hydrogen (secondary N) is 4. The highest BCUT2D eigenvalue weighted by atomic mass is 16.2. The molecule has 4 N–H and O–H groups in total. The van der Waals surface area contributed by atoms with Crippen LogP contribution in [0.5, 0.6) is 0 Å². The monoisotopic (exact) mass is 420 g/mol. The number of amidine groups is 1. The number of hydrogen-bond donors (Lipinski definition) is 4. The summed E-state index contributed by atoms with van der Waals surface area (Å²) >= 11 is 0. The molecular formula is C23H28N6O2. The lowest BCUT2D eigenvalue weighted by atomic mass is 10.1. The van der Waals surface area contributed by atoms with Crippen molar-refractivity contribution >= 4 is 23.3 Å². The van der Waals surface area contributed by atoms with Gasteiger partial charge in [-0.2, -0.15) is 0 Å². The number of aryl methyl sites for hydroxylation is 2.